The van der Waals surface area contributed by atoms with Gasteiger partial charge in [0.15, 0.2) is 0 Å². The molecule has 4 aromatic carbocycles. The number of nitrogens with zero attached hydrogens (tertiary/aromatic N) is 4. The summed E-state index contributed by atoms with van der Waals surface area (Å²) >= 11 is 1.61. The van der Waals surface area contributed by atoms with Gasteiger partial charge in [0.1, 0.15) is 0 Å². The summed E-state index contributed by atoms with van der Waals surface area (Å²) in [5.74, 6) is 4.80. The Morgan fingerprint density at radius 3 is 0.965 bits per heavy atom. The minimum Gasteiger partial charge on any atom is 2.00 e. The number of hydrogen-bond acceptors (Lipinski definition) is 4. The van der Waals surface area contributed by atoms with E-state index in [9.17, 15) is 0 Å². The zero-order valence-corrected chi connectivity index (χ0v) is 36.5. The van der Waals surface area contributed by atoms with Crippen molar-refractivity contribution >= 4 is 9.42 Å². The molecule has 0 saturated carbocycles. The van der Waals surface area contributed by atoms with Crippen LogP contribution in [0.1, 0.15) is 22.3 Å². The van der Waals surface area contributed by atoms with Crippen LogP contribution < -0.4 is 0 Å². The molecule has 0 bridgehead atoms. The van der Waals surface area contributed by atoms with E-state index in [4.69, 9.17) is 12.8 Å². The van der Waals surface area contributed by atoms with Gasteiger partial charge in [0, 0.05) is 53.1 Å². The second kappa shape index (κ2) is 26.2. The summed E-state index contributed by atoms with van der Waals surface area (Å²) in [6, 6.07) is 57.7. The van der Waals surface area contributed by atoms with Crippen molar-refractivity contribution in [3.05, 3.63) is 223 Å². The van der Waals surface area contributed by atoms with Crippen LogP contribution in [-0.4, -0.2) is 19.9 Å². The van der Waals surface area contributed by atoms with Gasteiger partial charge in [-0.15, -0.1) is 71.6 Å². The van der Waals surface area contributed by atoms with E-state index in [2.05, 4.69) is 91.4 Å². The van der Waals surface area contributed by atoms with Gasteiger partial charge in [0.2, 0.25) is 0 Å². The molecule has 0 aliphatic heterocycles. The van der Waals surface area contributed by atoms with Crippen molar-refractivity contribution in [2.45, 2.75) is 13.8 Å². The Balaban J connectivity index is 0.000000214. The van der Waals surface area contributed by atoms with E-state index in [1.165, 1.54) is 11.1 Å². The van der Waals surface area contributed by atoms with Crippen LogP contribution in [0.3, 0.4) is 0 Å². The van der Waals surface area contributed by atoms with E-state index in [-0.39, 0.29) is 21.1 Å². The van der Waals surface area contributed by atoms with E-state index < -0.39 is 0 Å². The van der Waals surface area contributed by atoms with Crippen molar-refractivity contribution in [1.82, 2.24) is 19.9 Å². The number of aromatic nitrogens is 4. The van der Waals surface area contributed by atoms with Crippen LogP contribution >= 0.6 is 9.42 Å². The molecule has 0 aliphatic carbocycles. The summed E-state index contributed by atoms with van der Waals surface area (Å²) in [6.45, 7) is 4.15. The summed E-state index contributed by atoms with van der Waals surface area (Å²) in [7, 11) is 4.61. The van der Waals surface area contributed by atoms with Crippen molar-refractivity contribution in [3.8, 4) is 63.3 Å². The Kier molecular flexibility index (Phi) is 21.0. The monoisotopic (exact) mass is 1120 g/mol. The molecular weight excluding hydrogens is 1080 g/mol. The maximum Gasteiger partial charge on any atom is 2.00 e. The molecule has 0 fully saturated rings. The molecule has 7 heteroatoms. The molecular formula is C50H37ClN4Pt2. The van der Waals surface area contributed by atoms with Gasteiger partial charge in [0.25, 0.3) is 0 Å². The van der Waals surface area contributed by atoms with Crippen LogP contribution in [0, 0.1) is 50.7 Å². The largest absolute Gasteiger partial charge is 2.00 e. The third kappa shape index (κ3) is 15.7. The fourth-order valence-corrected chi connectivity index (χ4v) is 5.12. The van der Waals surface area contributed by atoms with Crippen LogP contribution in [0.4, 0.5) is 0 Å². The van der Waals surface area contributed by atoms with Crippen LogP contribution in [0.15, 0.2) is 183 Å². The van der Waals surface area contributed by atoms with E-state index >= 15 is 0 Å². The number of aryl methyl sites for hydroxylation is 2. The molecule has 0 radical (unpaired) electrons. The first-order chi connectivity index (χ1) is 27.5. The van der Waals surface area contributed by atoms with Gasteiger partial charge in [-0.25, -0.2) is 0 Å². The smallest absolute Gasteiger partial charge is 2.00 e. The molecule has 0 saturated heterocycles. The maximum absolute atomic E-state index is 6.69. The average molecular weight is 1120 g/mol. The molecule has 0 amide bonds. The molecule has 57 heavy (non-hydrogen) atoms. The van der Waals surface area contributed by atoms with Crippen LogP contribution in [-0.2, 0) is 39.8 Å². The molecule has 0 aliphatic rings. The Morgan fingerprint density at radius 2 is 0.754 bits per heavy atom. The summed E-state index contributed by atoms with van der Waals surface area (Å²) in [5, 5.41) is 0. The number of terminal acetylenes is 1. The van der Waals surface area contributed by atoms with Crippen LogP contribution in [0.2, 0.25) is 0 Å². The zero-order valence-electron chi connectivity index (χ0n) is 31.2. The first kappa shape index (κ1) is 45.7. The van der Waals surface area contributed by atoms with Gasteiger partial charge in [-0.3, -0.25) is 25.9 Å². The molecule has 4 nitrogen and oxygen atoms in total. The van der Waals surface area contributed by atoms with Crippen LogP contribution in [0.5, 0.6) is 0 Å². The van der Waals surface area contributed by atoms with Gasteiger partial charge >= 0.3 is 49.3 Å². The second-order valence-corrected chi connectivity index (χ2v) is 11.8. The Hall–Kier alpha value is -5.73. The van der Waals surface area contributed by atoms with Crippen molar-refractivity contribution in [2.24, 2.45) is 0 Å². The first-order valence-electron chi connectivity index (χ1n) is 17.4. The Bertz CT molecular complexity index is 2110. The minimum atomic E-state index is 0. The molecule has 0 spiro atoms. The molecule has 0 atom stereocenters. The molecule has 0 N–H and O–H groups in total. The molecule has 8 rings (SSSR count). The van der Waals surface area contributed by atoms with Gasteiger partial charge in [-0.05, 0) is 36.4 Å². The van der Waals surface area contributed by atoms with Crippen molar-refractivity contribution in [2.75, 3.05) is 0 Å². The van der Waals surface area contributed by atoms with Crippen molar-refractivity contribution < 1.29 is 39.8 Å². The summed E-state index contributed by atoms with van der Waals surface area (Å²) in [4.78, 5) is 17.5. The number of pyridine rings is 4. The molecule has 8 aromatic rings. The van der Waals surface area contributed by atoms with Gasteiger partial charge in [-0.2, -0.15) is 0 Å². The predicted molar refractivity (Wildman–Crippen MR) is 226 cm³/mol. The Labute approximate surface area is 367 Å². The van der Waals surface area contributed by atoms with Crippen molar-refractivity contribution in [3.63, 3.8) is 0 Å². The average Bonchev–Trinajstić information content (AvgIpc) is 3.29. The van der Waals surface area contributed by atoms with Gasteiger partial charge in [0.05, 0.1) is 0 Å². The third-order valence-corrected chi connectivity index (χ3v) is 7.65. The number of benzene rings is 4. The standard InChI is InChI=1S/2C17H13N2.C8H6.C8H5.ClH.2Pt/c2*1-13-10-14(16-6-2-4-8-18-16)12-15(11-13)17-7-3-5-9-19-17;2*1-2-8-6-4-3-5-7-8;;;/h2*2-11H,1H3;1,3-7H;3-7H;1H;;/q2*-1;;-1;;2*+2/p-1. The maximum atomic E-state index is 6.69. The van der Waals surface area contributed by atoms with Crippen molar-refractivity contribution in [1.29, 1.82) is 0 Å². The molecule has 284 valence electrons. The van der Waals surface area contributed by atoms with Crippen LogP contribution in [0.25, 0.3) is 45.0 Å². The van der Waals surface area contributed by atoms with E-state index in [1.54, 1.807) is 43.6 Å². The molecule has 4 heterocycles. The summed E-state index contributed by atoms with van der Waals surface area (Å²) < 4.78 is 0. The fourth-order valence-electron chi connectivity index (χ4n) is 5.12. The normalized spacial score (nSPS) is 9.25. The zero-order chi connectivity index (χ0) is 39.8. The van der Waals surface area contributed by atoms with E-state index in [0.29, 0.717) is 0 Å². The summed E-state index contributed by atoms with van der Waals surface area (Å²) in [6.07, 6.45) is 19.0. The van der Waals surface area contributed by atoms with Gasteiger partial charge < -0.3 is 6.42 Å². The first-order valence-corrected chi connectivity index (χ1v) is 20.2. The van der Waals surface area contributed by atoms with Gasteiger partial charge in [-0.1, -0.05) is 127 Å². The Morgan fingerprint density at radius 1 is 0.474 bits per heavy atom. The quantitative estimate of drug-likeness (QED) is 0.130. The second-order valence-electron chi connectivity index (χ2n) is 11.8. The number of halogens is 1. The predicted octanol–water partition coefficient (Wildman–Crippen LogP) is 11.8. The molecule has 4 aromatic heterocycles. The SMILES string of the molecule is C#Cc1ccccc1.Cc1cc(-c2ccccn2)[c-]c(-c2ccccn2)c1.Cc1cc(-c2ccccn2)[c-]c(-c2ccccn2)c1.[C-]#Cc1ccccc1.[Cl][Pt+].[Pt+2]. The fraction of sp³-hybridized carbons (Fsp3) is 0.0400. The molecule has 0 unspecified atom stereocenters. The summed E-state index contributed by atoms with van der Waals surface area (Å²) in [5.41, 5.74) is 11.9. The topological polar surface area (TPSA) is 51.6 Å². The van der Waals surface area contributed by atoms with E-state index in [1.807, 2.05) is 133 Å². The third-order valence-electron chi connectivity index (χ3n) is 7.65. The van der Waals surface area contributed by atoms with E-state index in [0.717, 1.165) is 56.2 Å². The number of hydrogen-bond donors (Lipinski definition) is 0. The minimum absolute atomic E-state index is 0. The number of rotatable bonds is 4.